The molecular weight excluding hydrogens is 264 g/mol. The Hall–Kier alpha value is -2.33. The number of amides is 1. The molecule has 1 atom stereocenters. The van der Waals surface area contributed by atoms with Gasteiger partial charge in [-0.15, -0.1) is 0 Å². The average molecular weight is 284 g/mol. The van der Waals surface area contributed by atoms with E-state index in [0.29, 0.717) is 18.6 Å². The summed E-state index contributed by atoms with van der Waals surface area (Å²) in [5.74, 6) is 0.196. The highest BCUT2D eigenvalue weighted by molar-refractivity contribution is 5.85. The van der Waals surface area contributed by atoms with Crippen molar-refractivity contribution in [2.24, 2.45) is 11.5 Å². The second kappa shape index (κ2) is 6.41. The molecule has 2 aromatic carbocycles. The standard InChI is InChI=1S/C17H20N2O2/c1-13-7-9-15(10-8-13)21-12-11-17(19,16(18)20)14-5-3-2-4-6-14/h2-10H,11-12,19H2,1H3,(H2,18,20). The van der Waals surface area contributed by atoms with Gasteiger partial charge in [0.15, 0.2) is 0 Å². The lowest BCUT2D eigenvalue weighted by Gasteiger charge is -2.26. The summed E-state index contributed by atoms with van der Waals surface area (Å²) in [5, 5.41) is 0. The summed E-state index contributed by atoms with van der Waals surface area (Å²) in [5.41, 5.74) is 12.3. The first kappa shape index (κ1) is 15.1. The topological polar surface area (TPSA) is 78.3 Å². The molecule has 0 heterocycles. The minimum Gasteiger partial charge on any atom is -0.493 e. The quantitative estimate of drug-likeness (QED) is 0.852. The van der Waals surface area contributed by atoms with E-state index in [1.807, 2.05) is 49.4 Å². The minimum atomic E-state index is -1.22. The Kier molecular flexibility index (Phi) is 4.60. The highest BCUT2D eigenvalue weighted by Crippen LogP contribution is 2.22. The fourth-order valence-electron chi connectivity index (χ4n) is 2.11. The zero-order chi connectivity index (χ0) is 15.3. The number of benzene rings is 2. The van der Waals surface area contributed by atoms with Gasteiger partial charge in [-0.3, -0.25) is 4.79 Å². The van der Waals surface area contributed by atoms with Gasteiger partial charge in [0.2, 0.25) is 5.91 Å². The van der Waals surface area contributed by atoms with Gasteiger partial charge in [0.05, 0.1) is 6.61 Å². The lowest BCUT2D eigenvalue weighted by atomic mass is 9.87. The van der Waals surface area contributed by atoms with E-state index in [0.717, 1.165) is 11.3 Å². The molecule has 0 aliphatic rings. The van der Waals surface area contributed by atoms with E-state index in [1.165, 1.54) is 0 Å². The largest absolute Gasteiger partial charge is 0.493 e. The third-order valence-electron chi connectivity index (χ3n) is 3.51. The molecule has 2 rings (SSSR count). The summed E-state index contributed by atoms with van der Waals surface area (Å²) in [7, 11) is 0. The third-order valence-corrected chi connectivity index (χ3v) is 3.51. The van der Waals surface area contributed by atoms with Gasteiger partial charge in [-0.05, 0) is 24.6 Å². The van der Waals surface area contributed by atoms with Crippen molar-refractivity contribution in [3.63, 3.8) is 0 Å². The maximum absolute atomic E-state index is 11.8. The molecule has 0 spiro atoms. The highest BCUT2D eigenvalue weighted by atomic mass is 16.5. The molecule has 110 valence electrons. The van der Waals surface area contributed by atoms with E-state index in [-0.39, 0.29) is 0 Å². The molecule has 4 heteroatoms. The number of aryl methyl sites for hydroxylation is 1. The van der Waals surface area contributed by atoms with Crippen LogP contribution in [0.3, 0.4) is 0 Å². The SMILES string of the molecule is Cc1ccc(OCCC(N)(C(N)=O)c2ccccc2)cc1. The number of carbonyl (C=O) groups is 1. The van der Waals surface area contributed by atoms with Gasteiger partial charge in [-0.2, -0.15) is 0 Å². The predicted molar refractivity (Wildman–Crippen MR) is 82.8 cm³/mol. The highest BCUT2D eigenvalue weighted by Gasteiger charge is 2.33. The lowest BCUT2D eigenvalue weighted by molar-refractivity contribution is -0.124. The van der Waals surface area contributed by atoms with Crippen LogP contribution in [0.2, 0.25) is 0 Å². The maximum Gasteiger partial charge on any atom is 0.242 e. The van der Waals surface area contributed by atoms with Crippen LogP contribution >= 0.6 is 0 Å². The van der Waals surface area contributed by atoms with E-state index in [2.05, 4.69) is 0 Å². The Balaban J connectivity index is 2.04. The van der Waals surface area contributed by atoms with Crippen molar-refractivity contribution in [3.8, 4) is 5.75 Å². The van der Waals surface area contributed by atoms with E-state index < -0.39 is 11.4 Å². The summed E-state index contributed by atoms with van der Waals surface area (Å²) < 4.78 is 5.64. The summed E-state index contributed by atoms with van der Waals surface area (Å²) in [6, 6.07) is 16.9. The Bertz CT molecular complexity index is 596. The van der Waals surface area contributed by atoms with Crippen LogP contribution in [0.15, 0.2) is 54.6 Å². The number of hydrogen-bond acceptors (Lipinski definition) is 3. The van der Waals surface area contributed by atoms with Gasteiger partial charge in [0, 0.05) is 6.42 Å². The van der Waals surface area contributed by atoms with Crippen LogP contribution in [0.1, 0.15) is 17.5 Å². The van der Waals surface area contributed by atoms with Crippen LogP contribution in [0.5, 0.6) is 5.75 Å². The molecule has 21 heavy (non-hydrogen) atoms. The number of rotatable bonds is 6. The molecule has 4 N–H and O–H groups in total. The van der Waals surface area contributed by atoms with E-state index >= 15 is 0 Å². The zero-order valence-electron chi connectivity index (χ0n) is 12.1. The van der Waals surface area contributed by atoms with Crippen LogP contribution in [-0.4, -0.2) is 12.5 Å². The molecule has 0 saturated carbocycles. The Labute approximate surface area is 124 Å². The van der Waals surface area contributed by atoms with Gasteiger partial charge in [0.25, 0.3) is 0 Å². The van der Waals surface area contributed by atoms with Crippen molar-refractivity contribution in [3.05, 3.63) is 65.7 Å². The second-order valence-electron chi connectivity index (χ2n) is 5.11. The zero-order valence-corrected chi connectivity index (χ0v) is 12.1. The molecule has 0 aromatic heterocycles. The first-order valence-electron chi connectivity index (χ1n) is 6.86. The normalized spacial score (nSPS) is 13.4. The van der Waals surface area contributed by atoms with Gasteiger partial charge < -0.3 is 16.2 Å². The van der Waals surface area contributed by atoms with Gasteiger partial charge >= 0.3 is 0 Å². The summed E-state index contributed by atoms with van der Waals surface area (Å²) in [6.07, 6.45) is 0.320. The van der Waals surface area contributed by atoms with E-state index in [4.69, 9.17) is 16.2 Å². The molecule has 1 unspecified atom stereocenters. The molecule has 2 aromatic rings. The molecule has 0 saturated heterocycles. The van der Waals surface area contributed by atoms with E-state index in [9.17, 15) is 4.79 Å². The van der Waals surface area contributed by atoms with Gasteiger partial charge in [0.1, 0.15) is 11.3 Å². The summed E-state index contributed by atoms with van der Waals surface area (Å²) >= 11 is 0. The number of primary amides is 1. The summed E-state index contributed by atoms with van der Waals surface area (Å²) in [6.45, 7) is 2.33. The van der Waals surface area contributed by atoms with Crippen LogP contribution in [0, 0.1) is 6.92 Å². The molecule has 0 aliphatic heterocycles. The fourth-order valence-corrected chi connectivity index (χ4v) is 2.11. The minimum absolute atomic E-state index is 0.317. The van der Waals surface area contributed by atoms with Crippen molar-refractivity contribution in [2.75, 3.05) is 6.61 Å². The van der Waals surface area contributed by atoms with Crippen molar-refractivity contribution in [2.45, 2.75) is 18.9 Å². The smallest absolute Gasteiger partial charge is 0.242 e. The molecule has 0 aliphatic carbocycles. The fraction of sp³-hybridized carbons (Fsp3) is 0.235. The van der Waals surface area contributed by atoms with Crippen LogP contribution in [0.4, 0.5) is 0 Å². The maximum atomic E-state index is 11.8. The first-order valence-corrected chi connectivity index (χ1v) is 6.86. The Morgan fingerprint density at radius 3 is 2.29 bits per heavy atom. The van der Waals surface area contributed by atoms with Crippen molar-refractivity contribution in [1.82, 2.24) is 0 Å². The predicted octanol–water partition coefficient (Wildman–Crippen LogP) is 2.10. The molecule has 1 amide bonds. The average Bonchev–Trinajstić information content (AvgIpc) is 2.50. The summed E-state index contributed by atoms with van der Waals surface area (Å²) in [4.78, 5) is 11.8. The number of hydrogen-bond donors (Lipinski definition) is 2. The first-order chi connectivity index (χ1) is 10.0. The van der Waals surface area contributed by atoms with Crippen molar-refractivity contribution >= 4 is 5.91 Å². The molecule has 4 nitrogen and oxygen atoms in total. The number of carbonyl (C=O) groups excluding carboxylic acids is 1. The monoisotopic (exact) mass is 284 g/mol. The van der Waals surface area contributed by atoms with Crippen molar-refractivity contribution in [1.29, 1.82) is 0 Å². The molecule has 0 radical (unpaired) electrons. The van der Waals surface area contributed by atoms with Gasteiger partial charge in [-0.1, -0.05) is 48.0 Å². The number of ether oxygens (including phenoxy) is 1. The Morgan fingerprint density at radius 1 is 1.10 bits per heavy atom. The van der Waals surface area contributed by atoms with Crippen LogP contribution in [0.25, 0.3) is 0 Å². The van der Waals surface area contributed by atoms with Crippen LogP contribution < -0.4 is 16.2 Å². The second-order valence-corrected chi connectivity index (χ2v) is 5.11. The number of nitrogens with two attached hydrogens (primary N) is 2. The van der Waals surface area contributed by atoms with Crippen molar-refractivity contribution < 1.29 is 9.53 Å². The molecule has 0 fully saturated rings. The Morgan fingerprint density at radius 2 is 1.71 bits per heavy atom. The van der Waals surface area contributed by atoms with E-state index in [1.54, 1.807) is 12.1 Å². The lowest BCUT2D eigenvalue weighted by Crippen LogP contribution is -2.50. The van der Waals surface area contributed by atoms with Gasteiger partial charge in [-0.25, -0.2) is 0 Å². The third kappa shape index (κ3) is 3.61. The molecule has 0 bridgehead atoms. The van der Waals surface area contributed by atoms with Crippen LogP contribution in [-0.2, 0) is 10.3 Å². The molecular formula is C17H20N2O2.